The summed E-state index contributed by atoms with van der Waals surface area (Å²) in [5.74, 6) is 1.96. The quantitative estimate of drug-likeness (QED) is 0.660. The van der Waals surface area contributed by atoms with Crippen LogP contribution in [0.1, 0.15) is 51.9 Å². The predicted molar refractivity (Wildman–Crippen MR) is 58.9 cm³/mol. The highest BCUT2D eigenvalue weighted by Gasteiger charge is 2.18. The molecular weight excluding hydrogens is 158 g/mol. The van der Waals surface area contributed by atoms with Gasteiger partial charge in [-0.15, -0.1) is 0 Å². The van der Waals surface area contributed by atoms with Gasteiger partial charge in [0.1, 0.15) is 0 Å². The zero-order valence-electron chi connectivity index (χ0n) is 9.31. The first-order valence-corrected chi connectivity index (χ1v) is 5.99. The van der Waals surface area contributed by atoms with Crippen LogP contribution in [0.25, 0.3) is 0 Å². The highest BCUT2D eigenvalue weighted by atomic mass is 14.8. The molecule has 1 heteroatoms. The summed E-state index contributed by atoms with van der Waals surface area (Å²) < 4.78 is 0. The van der Waals surface area contributed by atoms with Crippen molar-refractivity contribution in [2.24, 2.45) is 11.8 Å². The van der Waals surface area contributed by atoms with Gasteiger partial charge in [-0.2, -0.15) is 0 Å². The van der Waals surface area contributed by atoms with Crippen LogP contribution in [0.15, 0.2) is 0 Å². The Morgan fingerprint density at radius 3 is 2.31 bits per heavy atom. The molecule has 0 radical (unpaired) electrons. The second-order valence-electron chi connectivity index (χ2n) is 4.62. The van der Waals surface area contributed by atoms with Crippen LogP contribution >= 0.6 is 0 Å². The van der Waals surface area contributed by atoms with Gasteiger partial charge in [-0.1, -0.05) is 45.4 Å². The summed E-state index contributed by atoms with van der Waals surface area (Å²) >= 11 is 0. The van der Waals surface area contributed by atoms with Crippen LogP contribution in [0.3, 0.4) is 0 Å². The maximum atomic E-state index is 3.25. The van der Waals surface area contributed by atoms with Crippen LogP contribution in [0.4, 0.5) is 0 Å². The molecule has 1 rings (SSSR count). The lowest BCUT2D eigenvalue weighted by Gasteiger charge is -2.22. The molecule has 0 heterocycles. The van der Waals surface area contributed by atoms with E-state index >= 15 is 0 Å². The lowest BCUT2D eigenvalue weighted by atomic mass is 9.85. The smallest absolute Gasteiger partial charge is 0.00493 e. The first-order chi connectivity index (χ1) is 6.34. The second-order valence-corrected chi connectivity index (χ2v) is 4.62. The minimum absolute atomic E-state index is 0.936. The van der Waals surface area contributed by atoms with E-state index in [2.05, 4.69) is 19.3 Å². The maximum absolute atomic E-state index is 3.25. The summed E-state index contributed by atoms with van der Waals surface area (Å²) in [5.41, 5.74) is 0. The lowest BCUT2D eigenvalue weighted by molar-refractivity contribution is 0.302. The standard InChI is InChI=1S/C12H25N/c1-11(9-10-13-2)12-7-5-3-4-6-8-12/h11-13H,3-10H2,1-2H3. The van der Waals surface area contributed by atoms with Crippen molar-refractivity contribution in [1.29, 1.82) is 0 Å². The molecule has 0 bridgehead atoms. The van der Waals surface area contributed by atoms with Crippen LogP contribution in [0.2, 0.25) is 0 Å². The Bertz CT molecular complexity index is 114. The Labute approximate surface area is 83.3 Å². The molecule has 0 aliphatic heterocycles. The van der Waals surface area contributed by atoms with E-state index in [1.807, 2.05) is 0 Å². The summed E-state index contributed by atoms with van der Waals surface area (Å²) in [6.45, 7) is 3.63. The van der Waals surface area contributed by atoms with Crippen molar-refractivity contribution < 1.29 is 0 Å². The third kappa shape index (κ3) is 4.12. The van der Waals surface area contributed by atoms with Crippen LogP contribution in [0, 0.1) is 11.8 Å². The maximum Gasteiger partial charge on any atom is -0.00493 e. The fourth-order valence-electron chi connectivity index (χ4n) is 2.49. The molecule has 0 amide bonds. The van der Waals surface area contributed by atoms with Crippen LogP contribution in [-0.4, -0.2) is 13.6 Å². The summed E-state index contributed by atoms with van der Waals surface area (Å²) in [6.07, 6.45) is 10.3. The topological polar surface area (TPSA) is 12.0 Å². The van der Waals surface area contributed by atoms with Crippen LogP contribution in [-0.2, 0) is 0 Å². The van der Waals surface area contributed by atoms with Gasteiger partial charge in [0, 0.05) is 0 Å². The molecule has 0 aromatic heterocycles. The van der Waals surface area contributed by atoms with Crippen molar-refractivity contribution in [2.45, 2.75) is 51.9 Å². The predicted octanol–water partition coefficient (Wildman–Crippen LogP) is 3.20. The van der Waals surface area contributed by atoms with Crippen molar-refractivity contribution in [3.05, 3.63) is 0 Å². The Morgan fingerprint density at radius 2 is 1.77 bits per heavy atom. The summed E-state index contributed by atoms with van der Waals surface area (Å²) in [7, 11) is 2.06. The number of hydrogen-bond donors (Lipinski definition) is 1. The lowest BCUT2D eigenvalue weighted by Crippen LogP contribution is -2.17. The van der Waals surface area contributed by atoms with Gasteiger partial charge >= 0.3 is 0 Å². The van der Waals surface area contributed by atoms with E-state index in [0.29, 0.717) is 0 Å². The Balaban J connectivity index is 2.22. The van der Waals surface area contributed by atoms with Crippen molar-refractivity contribution >= 4 is 0 Å². The molecule has 1 fully saturated rings. The molecule has 78 valence electrons. The Morgan fingerprint density at radius 1 is 1.15 bits per heavy atom. The van der Waals surface area contributed by atoms with Gasteiger partial charge in [-0.05, 0) is 31.8 Å². The Hall–Kier alpha value is -0.0400. The van der Waals surface area contributed by atoms with Crippen molar-refractivity contribution in [1.82, 2.24) is 5.32 Å². The molecule has 1 aliphatic rings. The van der Waals surface area contributed by atoms with E-state index in [1.165, 1.54) is 51.5 Å². The van der Waals surface area contributed by atoms with Crippen LogP contribution < -0.4 is 5.32 Å². The molecule has 13 heavy (non-hydrogen) atoms. The molecule has 0 aromatic rings. The van der Waals surface area contributed by atoms with E-state index < -0.39 is 0 Å². The van der Waals surface area contributed by atoms with E-state index in [-0.39, 0.29) is 0 Å². The SMILES string of the molecule is CNCCC(C)C1CCCCCC1. The average Bonchev–Trinajstić information content (AvgIpc) is 2.42. The van der Waals surface area contributed by atoms with E-state index in [1.54, 1.807) is 0 Å². The van der Waals surface area contributed by atoms with Gasteiger partial charge in [-0.25, -0.2) is 0 Å². The summed E-state index contributed by atoms with van der Waals surface area (Å²) in [5, 5.41) is 3.25. The number of rotatable bonds is 4. The summed E-state index contributed by atoms with van der Waals surface area (Å²) in [4.78, 5) is 0. The molecule has 0 saturated heterocycles. The van der Waals surface area contributed by atoms with Gasteiger partial charge in [0.25, 0.3) is 0 Å². The van der Waals surface area contributed by atoms with E-state index in [0.717, 1.165) is 11.8 Å². The van der Waals surface area contributed by atoms with Gasteiger partial charge in [0.2, 0.25) is 0 Å². The fourth-order valence-corrected chi connectivity index (χ4v) is 2.49. The fraction of sp³-hybridized carbons (Fsp3) is 1.00. The van der Waals surface area contributed by atoms with Gasteiger partial charge in [-0.3, -0.25) is 0 Å². The molecule has 1 saturated carbocycles. The zero-order valence-corrected chi connectivity index (χ0v) is 9.31. The van der Waals surface area contributed by atoms with E-state index in [9.17, 15) is 0 Å². The van der Waals surface area contributed by atoms with Crippen molar-refractivity contribution in [2.75, 3.05) is 13.6 Å². The molecule has 1 N–H and O–H groups in total. The third-order valence-corrected chi connectivity index (χ3v) is 3.55. The highest BCUT2D eigenvalue weighted by Crippen LogP contribution is 2.30. The minimum Gasteiger partial charge on any atom is -0.320 e. The monoisotopic (exact) mass is 183 g/mol. The van der Waals surface area contributed by atoms with E-state index in [4.69, 9.17) is 0 Å². The normalized spacial score (nSPS) is 22.6. The zero-order chi connectivity index (χ0) is 9.52. The molecule has 0 spiro atoms. The molecular formula is C12H25N. The molecule has 0 aromatic carbocycles. The van der Waals surface area contributed by atoms with Gasteiger partial charge in [0.05, 0.1) is 0 Å². The van der Waals surface area contributed by atoms with Crippen LogP contribution in [0.5, 0.6) is 0 Å². The first-order valence-electron chi connectivity index (χ1n) is 5.99. The molecule has 1 atom stereocenters. The average molecular weight is 183 g/mol. The first kappa shape index (κ1) is 11.0. The number of nitrogens with one attached hydrogen (secondary N) is 1. The highest BCUT2D eigenvalue weighted by molar-refractivity contribution is 4.70. The van der Waals surface area contributed by atoms with Crippen molar-refractivity contribution in [3.63, 3.8) is 0 Å². The molecule has 1 nitrogen and oxygen atoms in total. The molecule has 1 unspecified atom stereocenters. The summed E-state index contributed by atoms with van der Waals surface area (Å²) in [6, 6.07) is 0. The largest absolute Gasteiger partial charge is 0.320 e. The number of hydrogen-bond acceptors (Lipinski definition) is 1. The molecule has 1 aliphatic carbocycles. The Kier molecular flexibility index (Phi) is 5.45. The third-order valence-electron chi connectivity index (χ3n) is 3.55. The van der Waals surface area contributed by atoms with Gasteiger partial charge in [0.15, 0.2) is 0 Å². The van der Waals surface area contributed by atoms with Crippen molar-refractivity contribution in [3.8, 4) is 0 Å². The minimum atomic E-state index is 0.936. The second kappa shape index (κ2) is 6.42. The van der Waals surface area contributed by atoms with Gasteiger partial charge < -0.3 is 5.32 Å².